The highest BCUT2D eigenvalue weighted by atomic mass is 32.1. The lowest BCUT2D eigenvalue weighted by molar-refractivity contribution is -0.125. The van der Waals surface area contributed by atoms with E-state index in [-0.39, 0.29) is 16.5 Å². The van der Waals surface area contributed by atoms with Gasteiger partial charge < -0.3 is 16.4 Å². The third-order valence-electron chi connectivity index (χ3n) is 3.65. The molecule has 2 rings (SSSR count). The Labute approximate surface area is 116 Å². The van der Waals surface area contributed by atoms with Crippen LogP contribution in [0.3, 0.4) is 0 Å². The van der Waals surface area contributed by atoms with Gasteiger partial charge in [-0.05, 0) is 31.5 Å². The molecule has 1 fully saturated rings. The number of hydrogen-bond acceptors (Lipinski definition) is 3. The molecule has 1 aliphatic heterocycles. The summed E-state index contributed by atoms with van der Waals surface area (Å²) in [6.07, 6.45) is 0.668. The minimum absolute atomic E-state index is 0.0347. The summed E-state index contributed by atoms with van der Waals surface area (Å²) in [7, 11) is 0. The first-order valence-corrected chi connectivity index (χ1v) is 6.38. The Morgan fingerprint density at radius 2 is 2.16 bits per heavy atom. The average Bonchev–Trinajstić information content (AvgIpc) is 2.73. The number of hydrogen-bond donors (Lipinski definition) is 2. The molecule has 1 unspecified atom stereocenters. The Bertz CT molecular complexity index is 549. The van der Waals surface area contributed by atoms with Crippen LogP contribution in [0, 0.1) is 11.2 Å². The molecule has 1 saturated heterocycles. The van der Waals surface area contributed by atoms with Crippen LogP contribution < -0.4 is 16.4 Å². The van der Waals surface area contributed by atoms with Crippen LogP contribution in [-0.2, 0) is 4.79 Å². The van der Waals surface area contributed by atoms with Crippen molar-refractivity contribution in [1.29, 1.82) is 0 Å². The number of amides is 1. The van der Waals surface area contributed by atoms with E-state index in [4.69, 9.17) is 23.7 Å². The van der Waals surface area contributed by atoms with Gasteiger partial charge in [0.25, 0.3) is 0 Å². The molecule has 1 heterocycles. The first kappa shape index (κ1) is 13.7. The van der Waals surface area contributed by atoms with Crippen molar-refractivity contribution in [2.24, 2.45) is 16.9 Å². The predicted molar refractivity (Wildman–Crippen MR) is 76.4 cm³/mol. The minimum atomic E-state index is -0.557. The molecule has 1 aromatic rings. The van der Waals surface area contributed by atoms with Crippen LogP contribution in [0.4, 0.5) is 10.1 Å². The topological polar surface area (TPSA) is 72.4 Å². The van der Waals surface area contributed by atoms with Crippen LogP contribution in [0.25, 0.3) is 0 Å². The highest BCUT2D eigenvalue weighted by Gasteiger charge is 2.39. The smallest absolute Gasteiger partial charge is 0.225 e. The van der Waals surface area contributed by atoms with Crippen LogP contribution >= 0.6 is 12.2 Å². The number of carbonyl (C=O) groups excluding carboxylic acids is 1. The number of rotatable bonds is 3. The molecular formula is C13H16FN3OS. The van der Waals surface area contributed by atoms with Gasteiger partial charge in [-0.25, -0.2) is 4.39 Å². The number of halogens is 1. The molecule has 1 aliphatic rings. The second-order valence-corrected chi connectivity index (χ2v) is 5.56. The lowest BCUT2D eigenvalue weighted by atomic mass is 9.89. The molecule has 19 heavy (non-hydrogen) atoms. The maximum absolute atomic E-state index is 13.8. The number of anilines is 1. The van der Waals surface area contributed by atoms with Crippen molar-refractivity contribution >= 4 is 28.8 Å². The molecule has 0 aromatic heterocycles. The van der Waals surface area contributed by atoms with Gasteiger partial charge in [0, 0.05) is 24.3 Å². The van der Waals surface area contributed by atoms with Gasteiger partial charge in [-0.1, -0.05) is 12.2 Å². The monoisotopic (exact) mass is 281 g/mol. The summed E-state index contributed by atoms with van der Waals surface area (Å²) in [6.45, 7) is 2.99. The summed E-state index contributed by atoms with van der Waals surface area (Å²) in [5.41, 5.74) is 11.2. The second-order valence-electron chi connectivity index (χ2n) is 5.12. The summed E-state index contributed by atoms with van der Waals surface area (Å²) in [5, 5.41) is 0. The zero-order valence-corrected chi connectivity index (χ0v) is 11.5. The van der Waals surface area contributed by atoms with Crippen molar-refractivity contribution in [3.63, 3.8) is 0 Å². The maximum atomic E-state index is 13.8. The Kier molecular flexibility index (Phi) is 3.45. The van der Waals surface area contributed by atoms with Crippen molar-refractivity contribution in [1.82, 2.24) is 0 Å². The van der Waals surface area contributed by atoms with Crippen molar-refractivity contribution in [2.75, 3.05) is 18.0 Å². The number of carbonyl (C=O) groups is 1. The first-order chi connectivity index (χ1) is 8.83. The molecule has 0 bridgehead atoms. The minimum Gasteiger partial charge on any atom is -0.389 e. The summed E-state index contributed by atoms with van der Waals surface area (Å²) < 4.78 is 13.8. The van der Waals surface area contributed by atoms with E-state index in [0.717, 1.165) is 0 Å². The van der Waals surface area contributed by atoms with E-state index in [9.17, 15) is 9.18 Å². The quantitative estimate of drug-likeness (QED) is 0.816. The molecule has 0 spiro atoms. The fourth-order valence-electron chi connectivity index (χ4n) is 2.28. The highest BCUT2D eigenvalue weighted by molar-refractivity contribution is 7.80. The Hall–Kier alpha value is -1.69. The van der Waals surface area contributed by atoms with Crippen molar-refractivity contribution in [2.45, 2.75) is 13.3 Å². The van der Waals surface area contributed by atoms with E-state index in [2.05, 4.69) is 0 Å². The predicted octanol–water partition coefficient (Wildman–Crippen LogP) is 1.16. The van der Waals surface area contributed by atoms with Gasteiger partial charge in [0.05, 0.1) is 5.41 Å². The molecular weight excluding hydrogens is 265 g/mol. The summed E-state index contributed by atoms with van der Waals surface area (Å²) in [6, 6.07) is 4.71. The lowest BCUT2D eigenvalue weighted by Crippen LogP contribution is -2.37. The molecule has 4 nitrogen and oxygen atoms in total. The average molecular weight is 281 g/mol. The second kappa shape index (κ2) is 4.77. The van der Waals surface area contributed by atoms with E-state index in [0.29, 0.717) is 25.2 Å². The maximum Gasteiger partial charge on any atom is 0.225 e. The van der Waals surface area contributed by atoms with Crippen molar-refractivity contribution in [3.05, 3.63) is 29.6 Å². The van der Waals surface area contributed by atoms with Gasteiger partial charge in [-0.3, -0.25) is 4.79 Å². The number of primary amides is 1. The third kappa shape index (κ3) is 2.53. The molecule has 1 amide bonds. The summed E-state index contributed by atoms with van der Waals surface area (Å²) in [5.74, 6) is -0.770. The third-order valence-corrected chi connectivity index (χ3v) is 3.87. The largest absolute Gasteiger partial charge is 0.389 e. The van der Waals surface area contributed by atoms with E-state index in [1.165, 1.54) is 6.07 Å². The number of benzene rings is 1. The summed E-state index contributed by atoms with van der Waals surface area (Å²) >= 11 is 4.76. The van der Waals surface area contributed by atoms with E-state index >= 15 is 0 Å². The number of nitrogens with zero attached hydrogens (tertiary/aromatic N) is 1. The van der Waals surface area contributed by atoms with E-state index in [1.807, 2.05) is 11.8 Å². The zero-order valence-electron chi connectivity index (χ0n) is 10.6. The molecule has 0 saturated carbocycles. The van der Waals surface area contributed by atoms with Gasteiger partial charge in [0.15, 0.2) is 0 Å². The highest BCUT2D eigenvalue weighted by Crippen LogP contribution is 2.33. The number of thiocarbonyl (C=S) groups is 1. The molecule has 0 radical (unpaired) electrons. The molecule has 0 aliphatic carbocycles. The fraction of sp³-hybridized carbons (Fsp3) is 0.385. The number of nitrogens with two attached hydrogens (primary N) is 2. The standard InChI is InChI=1S/C13H16FN3OS/c1-13(12(16)18)4-5-17(7-13)8-2-3-9(11(15)19)10(14)6-8/h2-3,6H,4-5,7H2,1H3,(H2,15,19)(H2,16,18). The van der Waals surface area contributed by atoms with Gasteiger partial charge in [-0.15, -0.1) is 0 Å². The van der Waals surface area contributed by atoms with E-state index in [1.54, 1.807) is 12.1 Å². The van der Waals surface area contributed by atoms with Crippen LogP contribution in [-0.4, -0.2) is 24.0 Å². The Morgan fingerprint density at radius 3 is 2.63 bits per heavy atom. The molecule has 1 atom stereocenters. The van der Waals surface area contributed by atoms with Crippen LogP contribution in [0.5, 0.6) is 0 Å². The molecule has 1 aromatic carbocycles. The van der Waals surface area contributed by atoms with Crippen LogP contribution in [0.2, 0.25) is 0 Å². The molecule has 6 heteroatoms. The Balaban J connectivity index is 2.23. The van der Waals surface area contributed by atoms with E-state index < -0.39 is 11.2 Å². The lowest BCUT2D eigenvalue weighted by Gasteiger charge is -2.22. The SMILES string of the molecule is CC1(C(N)=O)CCN(c2ccc(C(N)=S)c(F)c2)C1. The van der Waals surface area contributed by atoms with Gasteiger partial charge in [0.2, 0.25) is 5.91 Å². The van der Waals surface area contributed by atoms with Gasteiger partial charge in [0.1, 0.15) is 10.8 Å². The Morgan fingerprint density at radius 1 is 1.47 bits per heavy atom. The van der Waals surface area contributed by atoms with Crippen LogP contribution in [0.15, 0.2) is 18.2 Å². The normalized spacial score (nSPS) is 22.5. The fourth-order valence-corrected chi connectivity index (χ4v) is 2.45. The van der Waals surface area contributed by atoms with Gasteiger partial charge >= 0.3 is 0 Å². The van der Waals surface area contributed by atoms with Crippen molar-refractivity contribution < 1.29 is 9.18 Å². The van der Waals surface area contributed by atoms with Crippen molar-refractivity contribution in [3.8, 4) is 0 Å². The molecule has 102 valence electrons. The first-order valence-electron chi connectivity index (χ1n) is 5.98. The zero-order chi connectivity index (χ0) is 14.2. The summed E-state index contributed by atoms with van der Waals surface area (Å²) in [4.78, 5) is 13.4. The molecule has 4 N–H and O–H groups in total. The van der Waals surface area contributed by atoms with Gasteiger partial charge in [-0.2, -0.15) is 0 Å². The van der Waals surface area contributed by atoms with Crippen LogP contribution in [0.1, 0.15) is 18.9 Å².